The van der Waals surface area contributed by atoms with Gasteiger partial charge in [0.25, 0.3) is 0 Å². The molecule has 4 nitrogen and oxygen atoms in total. The zero-order valence-electron chi connectivity index (χ0n) is 13.0. The van der Waals surface area contributed by atoms with Crippen molar-refractivity contribution < 1.29 is 4.79 Å². The third-order valence-electron chi connectivity index (χ3n) is 4.01. The molecular weight excluding hydrogens is 321 g/mol. The van der Waals surface area contributed by atoms with Crippen molar-refractivity contribution in [3.63, 3.8) is 0 Å². The Kier molecular flexibility index (Phi) is 10.2. The minimum Gasteiger partial charge on any atom is -0.375 e. The molecule has 0 heterocycles. The molecule has 22 heavy (non-hydrogen) atoms. The van der Waals surface area contributed by atoms with Crippen LogP contribution in [0.25, 0.3) is 0 Å². The predicted octanol–water partition coefficient (Wildman–Crippen LogP) is 2.60. The fourth-order valence-corrected chi connectivity index (χ4v) is 2.74. The van der Waals surface area contributed by atoms with Crippen LogP contribution in [-0.4, -0.2) is 32.1 Å². The maximum absolute atomic E-state index is 11.9. The Balaban J connectivity index is 0.00000220. The number of para-hydroxylation sites is 1. The molecule has 0 aromatic heterocycles. The van der Waals surface area contributed by atoms with E-state index in [0.717, 1.165) is 38.8 Å². The summed E-state index contributed by atoms with van der Waals surface area (Å²) in [7, 11) is 2.08. The van der Waals surface area contributed by atoms with E-state index in [1.165, 1.54) is 5.69 Å². The SMILES string of the molecule is CN(CCCNC(=O)C1CCC(N)C1)c1ccccc1.Cl.Cl. The number of hydrogen-bond acceptors (Lipinski definition) is 3. The van der Waals surface area contributed by atoms with Crippen LogP contribution in [0.2, 0.25) is 0 Å². The molecule has 1 aliphatic carbocycles. The van der Waals surface area contributed by atoms with Crippen molar-refractivity contribution in [3.8, 4) is 0 Å². The van der Waals surface area contributed by atoms with E-state index >= 15 is 0 Å². The number of rotatable bonds is 6. The average molecular weight is 348 g/mol. The van der Waals surface area contributed by atoms with E-state index in [-0.39, 0.29) is 42.7 Å². The maximum Gasteiger partial charge on any atom is 0.223 e. The molecule has 0 saturated heterocycles. The molecule has 2 atom stereocenters. The minimum atomic E-state index is 0. The topological polar surface area (TPSA) is 58.4 Å². The lowest BCUT2D eigenvalue weighted by molar-refractivity contribution is -0.124. The van der Waals surface area contributed by atoms with E-state index < -0.39 is 0 Å². The predicted molar refractivity (Wildman–Crippen MR) is 97.2 cm³/mol. The summed E-state index contributed by atoms with van der Waals surface area (Å²) < 4.78 is 0. The monoisotopic (exact) mass is 347 g/mol. The third-order valence-corrected chi connectivity index (χ3v) is 4.01. The lowest BCUT2D eigenvalue weighted by Gasteiger charge is -2.19. The summed E-state index contributed by atoms with van der Waals surface area (Å²) in [6.07, 6.45) is 3.72. The number of anilines is 1. The Morgan fingerprint density at radius 2 is 1.95 bits per heavy atom. The Labute approximate surface area is 145 Å². The number of hydrogen-bond donors (Lipinski definition) is 2. The Morgan fingerprint density at radius 1 is 1.27 bits per heavy atom. The van der Waals surface area contributed by atoms with Crippen molar-refractivity contribution in [2.45, 2.75) is 31.7 Å². The largest absolute Gasteiger partial charge is 0.375 e. The van der Waals surface area contributed by atoms with Gasteiger partial charge in [0.15, 0.2) is 0 Å². The van der Waals surface area contributed by atoms with Crippen molar-refractivity contribution in [2.24, 2.45) is 11.7 Å². The maximum atomic E-state index is 11.9. The van der Waals surface area contributed by atoms with Gasteiger partial charge in [-0.1, -0.05) is 18.2 Å². The first-order valence-electron chi connectivity index (χ1n) is 7.46. The van der Waals surface area contributed by atoms with Gasteiger partial charge in [-0.25, -0.2) is 0 Å². The van der Waals surface area contributed by atoms with Crippen LogP contribution in [0.15, 0.2) is 30.3 Å². The van der Waals surface area contributed by atoms with E-state index in [0.29, 0.717) is 0 Å². The summed E-state index contributed by atoms with van der Waals surface area (Å²) in [6.45, 7) is 1.68. The smallest absolute Gasteiger partial charge is 0.223 e. The first-order valence-corrected chi connectivity index (χ1v) is 7.46. The second-order valence-electron chi connectivity index (χ2n) is 5.67. The molecule has 1 fully saturated rings. The lowest BCUT2D eigenvalue weighted by Crippen LogP contribution is -2.32. The summed E-state index contributed by atoms with van der Waals surface area (Å²) in [6, 6.07) is 10.5. The fourth-order valence-electron chi connectivity index (χ4n) is 2.74. The van der Waals surface area contributed by atoms with Crippen LogP contribution >= 0.6 is 24.8 Å². The molecule has 1 aromatic rings. The first kappa shape index (κ1) is 21.0. The zero-order valence-corrected chi connectivity index (χ0v) is 14.7. The fraction of sp³-hybridized carbons (Fsp3) is 0.562. The van der Waals surface area contributed by atoms with Crippen molar-refractivity contribution in [3.05, 3.63) is 30.3 Å². The van der Waals surface area contributed by atoms with Crippen LogP contribution in [0.1, 0.15) is 25.7 Å². The van der Waals surface area contributed by atoms with Crippen molar-refractivity contribution in [2.75, 3.05) is 25.0 Å². The highest BCUT2D eigenvalue weighted by Gasteiger charge is 2.27. The highest BCUT2D eigenvalue weighted by molar-refractivity contribution is 5.85. The minimum absolute atomic E-state index is 0. The normalized spacial score (nSPS) is 19.7. The lowest BCUT2D eigenvalue weighted by atomic mass is 10.1. The molecule has 1 aromatic carbocycles. The molecule has 2 rings (SSSR count). The second-order valence-corrected chi connectivity index (χ2v) is 5.67. The second kappa shape index (κ2) is 10.7. The Hall–Kier alpha value is -0.970. The van der Waals surface area contributed by atoms with Crippen molar-refractivity contribution in [1.82, 2.24) is 5.32 Å². The number of carbonyl (C=O) groups excluding carboxylic acids is 1. The molecule has 2 unspecified atom stereocenters. The van der Waals surface area contributed by atoms with Gasteiger partial charge in [0.1, 0.15) is 0 Å². The number of nitrogens with one attached hydrogen (secondary N) is 1. The molecule has 126 valence electrons. The molecule has 1 saturated carbocycles. The standard InChI is InChI=1S/C16H25N3O.2ClH/c1-19(15-6-3-2-4-7-15)11-5-10-18-16(20)13-8-9-14(17)12-13;;/h2-4,6-7,13-14H,5,8-12,17H2,1H3,(H,18,20);2*1H. The van der Waals surface area contributed by atoms with Crippen LogP contribution in [0, 0.1) is 5.92 Å². The Bertz CT molecular complexity index is 431. The summed E-state index contributed by atoms with van der Waals surface area (Å²) in [5, 5.41) is 3.03. The van der Waals surface area contributed by atoms with Gasteiger partial charge < -0.3 is 16.0 Å². The molecule has 0 radical (unpaired) electrons. The number of carbonyl (C=O) groups is 1. The highest BCUT2D eigenvalue weighted by atomic mass is 35.5. The van der Waals surface area contributed by atoms with E-state index in [2.05, 4.69) is 29.4 Å². The summed E-state index contributed by atoms with van der Waals surface area (Å²) >= 11 is 0. The van der Waals surface area contributed by atoms with E-state index in [1.54, 1.807) is 0 Å². The van der Waals surface area contributed by atoms with Crippen LogP contribution in [0.5, 0.6) is 0 Å². The van der Waals surface area contributed by atoms with Gasteiger partial charge in [0.2, 0.25) is 5.91 Å². The number of halogens is 2. The van der Waals surface area contributed by atoms with Gasteiger partial charge >= 0.3 is 0 Å². The third kappa shape index (κ3) is 6.42. The zero-order chi connectivity index (χ0) is 14.4. The highest BCUT2D eigenvalue weighted by Crippen LogP contribution is 2.23. The molecule has 0 spiro atoms. The molecular formula is C16H27Cl2N3O. The van der Waals surface area contributed by atoms with E-state index in [9.17, 15) is 4.79 Å². The van der Waals surface area contributed by atoms with Crippen LogP contribution < -0.4 is 16.0 Å². The van der Waals surface area contributed by atoms with E-state index in [1.807, 2.05) is 18.2 Å². The van der Waals surface area contributed by atoms with Gasteiger partial charge in [-0.05, 0) is 37.8 Å². The van der Waals surface area contributed by atoms with Crippen molar-refractivity contribution >= 4 is 36.4 Å². The molecule has 1 aliphatic rings. The first-order chi connectivity index (χ1) is 9.66. The molecule has 0 aliphatic heterocycles. The van der Waals surface area contributed by atoms with Gasteiger partial charge in [-0.15, -0.1) is 24.8 Å². The van der Waals surface area contributed by atoms with Crippen LogP contribution in [0.4, 0.5) is 5.69 Å². The Morgan fingerprint density at radius 3 is 2.55 bits per heavy atom. The quantitative estimate of drug-likeness (QED) is 0.777. The summed E-state index contributed by atoms with van der Waals surface area (Å²) in [5.41, 5.74) is 7.04. The van der Waals surface area contributed by atoms with Gasteiger partial charge in [0.05, 0.1) is 0 Å². The van der Waals surface area contributed by atoms with Gasteiger partial charge in [-0.3, -0.25) is 4.79 Å². The number of benzene rings is 1. The van der Waals surface area contributed by atoms with E-state index in [4.69, 9.17) is 5.73 Å². The molecule has 0 bridgehead atoms. The number of nitrogens with two attached hydrogens (primary N) is 1. The van der Waals surface area contributed by atoms with Crippen molar-refractivity contribution in [1.29, 1.82) is 0 Å². The molecule has 6 heteroatoms. The summed E-state index contributed by atoms with van der Waals surface area (Å²) in [4.78, 5) is 14.1. The molecule has 3 N–H and O–H groups in total. The van der Waals surface area contributed by atoms with Gasteiger partial charge in [-0.2, -0.15) is 0 Å². The average Bonchev–Trinajstić information content (AvgIpc) is 2.91. The van der Waals surface area contributed by atoms with Crippen LogP contribution in [-0.2, 0) is 4.79 Å². The molecule has 1 amide bonds. The van der Waals surface area contributed by atoms with Gasteiger partial charge in [0, 0.05) is 37.8 Å². The summed E-state index contributed by atoms with van der Waals surface area (Å²) in [5.74, 6) is 0.317. The van der Waals surface area contributed by atoms with Crippen LogP contribution in [0.3, 0.4) is 0 Å². The number of amides is 1. The number of nitrogens with zero attached hydrogens (tertiary/aromatic N) is 1.